The normalized spacial score (nSPS) is 6.75. The van der Waals surface area contributed by atoms with E-state index in [2.05, 4.69) is 11.3 Å². The van der Waals surface area contributed by atoms with Gasteiger partial charge in [0.25, 0.3) is 0 Å². The standard InChI is InChI=1S/C5H8O2.HI/c1-4(2)5(6)7-3;/h1H2,2-3H3;1H. The van der Waals surface area contributed by atoms with Crippen molar-refractivity contribution in [1.29, 1.82) is 0 Å². The molecule has 0 amide bonds. The first kappa shape index (κ1) is 10.8. The van der Waals surface area contributed by atoms with Crippen molar-refractivity contribution >= 4 is 29.9 Å². The number of esters is 1. The van der Waals surface area contributed by atoms with Crippen molar-refractivity contribution in [1.82, 2.24) is 0 Å². The summed E-state index contributed by atoms with van der Waals surface area (Å²) in [7, 11) is 1.33. The molecule has 0 aliphatic rings. The average molecular weight is 228 g/mol. The van der Waals surface area contributed by atoms with Gasteiger partial charge in [-0.2, -0.15) is 0 Å². The molecule has 3 heteroatoms. The van der Waals surface area contributed by atoms with Gasteiger partial charge in [0.1, 0.15) is 0 Å². The average Bonchev–Trinajstić information content (AvgIpc) is 1.65. The molecule has 0 aromatic heterocycles. The maximum absolute atomic E-state index is 10.2. The number of ether oxygens (including phenoxy) is 1. The van der Waals surface area contributed by atoms with Gasteiger partial charge in [0.15, 0.2) is 0 Å². The van der Waals surface area contributed by atoms with Gasteiger partial charge in [-0.1, -0.05) is 6.58 Å². The van der Waals surface area contributed by atoms with Crippen LogP contribution in [0.15, 0.2) is 12.2 Å². The van der Waals surface area contributed by atoms with Crippen LogP contribution in [-0.4, -0.2) is 13.1 Å². The molecule has 0 aromatic carbocycles. The van der Waals surface area contributed by atoms with E-state index in [0.717, 1.165) is 0 Å². The minimum absolute atomic E-state index is 0. The van der Waals surface area contributed by atoms with Crippen LogP contribution in [0, 0.1) is 0 Å². The van der Waals surface area contributed by atoms with Crippen LogP contribution in [0.5, 0.6) is 0 Å². The zero-order valence-electron chi connectivity index (χ0n) is 4.93. The molecule has 2 nitrogen and oxygen atoms in total. The lowest BCUT2D eigenvalue weighted by Crippen LogP contribution is -1.98. The summed E-state index contributed by atoms with van der Waals surface area (Å²) in [6.07, 6.45) is 0. The second-order valence-corrected chi connectivity index (χ2v) is 1.27. The number of hydrogen-bond donors (Lipinski definition) is 0. The molecule has 0 N–H and O–H groups in total. The van der Waals surface area contributed by atoms with Gasteiger partial charge in [0, 0.05) is 5.57 Å². The van der Waals surface area contributed by atoms with Gasteiger partial charge >= 0.3 is 5.97 Å². The molecule has 0 fully saturated rings. The molecule has 0 bridgehead atoms. The van der Waals surface area contributed by atoms with Gasteiger partial charge < -0.3 is 4.74 Å². The maximum atomic E-state index is 10.2. The third-order valence-corrected chi connectivity index (χ3v) is 0.534. The lowest BCUT2D eigenvalue weighted by Gasteiger charge is -1.91. The molecular weight excluding hydrogens is 219 g/mol. The van der Waals surface area contributed by atoms with E-state index < -0.39 is 0 Å². The van der Waals surface area contributed by atoms with Crippen LogP contribution in [0.4, 0.5) is 0 Å². The number of carbonyl (C=O) groups is 1. The quantitative estimate of drug-likeness (QED) is 0.384. The van der Waals surface area contributed by atoms with Gasteiger partial charge in [0.05, 0.1) is 7.11 Å². The molecule has 8 heavy (non-hydrogen) atoms. The Morgan fingerprint density at radius 2 is 2.00 bits per heavy atom. The van der Waals surface area contributed by atoms with Crippen LogP contribution < -0.4 is 0 Å². The van der Waals surface area contributed by atoms with E-state index in [1.54, 1.807) is 6.92 Å². The first-order valence-electron chi connectivity index (χ1n) is 1.92. The van der Waals surface area contributed by atoms with E-state index in [9.17, 15) is 4.79 Å². The number of methoxy groups -OCH3 is 1. The Labute approximate surface area is 65.9 Å². The Bertz CT molecular complexity index is 98.6. The van der Waals surface area contributed by atoms with Crippen LogP contribution >= 0.6 is 24.0 Å². The maximum Gasteiger partial charge on any atom is 0.332 e. The topological polar surface area (TPSA) is 26.3 Å². The zero-order valence-corrected chi connectivity index (χ0v) is 7.26. The molecule has 0 unspecified atom stereocenters. The molecule has 0 spiro atoms. The molecule has 48 valence electrons. The van der Waals surface area contributed by atoms with Gasteiger partial charge in [-0.15, -0.1) is 24.0 Å². The third-order valence-electron chi connectivity index (χ3n) is 0.534. The fourth-order valence-electron chi connectivity index (χ4n) is 0.174. The van der Waals surface area contributed by atoms with Gasteiger partial charge in [0.2, 0.25) is 0 Å². The van der Waals surface area contributed by atoms with E-state index in [1.165, 1.54) is 7.11 Å². The Balaban J connectivity index is 0. The summed E-state index contributed by atoms with van der Waals surface area (Å²) in [6.45, 7) is 4.95. The third kappa shape index (κ3) is 4.11. The zero-order chi connectivity index (χ0) is 5.86. The summed E-state index contributed by atoms with van der Waals surface area (Å²) in [5, 5.41) is 0. The predicted molar refractivity (Wildman–Crippen MR) is 42.2 cm³/mol. The molecular formula is C5H9IO2. The minimum atomic E-state index is -0.347. The first-order chi connectivity index (χ1) is 3.18. The van der Waals surface area contributed by atoms with Crippen molar-refractivity contribution in [2.75, 3.05) is 7.11 Å². The summed E-state index contributed by atoms with van der Waals surface area (Å²) < 4.78 is 4.27. The molecule has 0 atom stereocenters. The van der Waals surface area contributed by atoms with E-state index in [-0.39, 0.29) is 29.9 Å². The van der Waals surface area contributed by atoms with Crippen molar-refractivity contribution in [3.63, 3.8) is 0 Å². The van der Waals surface area contributed by atoms with Crippen molar-refractivity contribution in [3.8, 4) is 0 Å². The Morgan fingerprint density at radius 1 is 1.62 bits per heavy atom. The van der Waals surface area contributed by atoms with Crippen molar-refractivity contribution < 1.29 is 9.53 Å². The summed E-state index contributed by atoms with van der Waals surface area (Å²) in [5.74, 6) is -0.347. The number of rotatable bonds is 1. The van der Waals surface area contributed by atoms with Gasteiger partial charge in [-0.05, 0) is 6.92 Å². The molecule has 0 heterocycles. The fraction of sp³-hybridized carbons (Fsp3) is 0.400. The Hall–Kier alpha value is -0.0600. The Kier molecular flexibility index (Phi) is 6.89. The first-order valence-corrected chi connectivity index (χ1v) is 1.92. The summed E-state index contributed by atoms with van der Waals surface area (Å²) >= 11 is 0. The highest BCUT2D eigenvalue weighted by Crippen LogP contribution is 1.87. The largest absolute Gasteiger partial charge is 0.466 e. The smallest absolute Gasteiger partial charge is 0.332 e. The van der Waals surface area contributed by atoms with Crippen molar-refractivity contribution in [3.05, 3.63) is 12.2 Å². The highest BCUT2D eigenvalue weighted by molar-refractivity contribution is 14.0. The number of carbonyl (C=O) groups excluding carboxylic acids is 1. The highest BCUT2D eigenvalue weighted by Gasteiger charge is 1.95. The van der Waals surface area contributed by atoms with Crippen LogP contribution in [0.2, 0.25) is 0 Å². The fourth-order valence-corrected chi connectivity index (χ4v) is 0.174. The van der Waals surface area contributed by atoms with Crippen LogP contribution in [-0.2, 0) is 9.53 Å². The highest BCUT2D eigenvalue weighted by atomic mass is 127. The van der Waals surface area contributed by atoms with Gasteiger partial charge in [-0.25, -0.2) is 4.79 Å². The van der Waals surface area contributed by atoms with Gasteiger partial charge in [-0.3, -0.25) is 0 Å². The minimum Gasteiger partial charge on any atom is -0.466 e. The Morgan fingerprint density at radius 3 is 2.00 bits per heavy atom. The van der Waals surface area contributed by atoms with Crippen LogP contribution in [0.3, 0.4) is 0 Å². The summed E-state index contributed by atoms with van der Waals surface area (Å²) in [6, 6.07) is 0. The van der Waals surface area contributed by atoms with Crippen LogP contribution in [0.25, 0.3) is 0 Å². The van der Waals surface area contributed by atoms with Crippen molar-refractivity contribution in [2.24, 2.45) is 0 Å². The molecule has 0 radical (unpaired) electrons. The van der Waals surface area contributed by atoms with Crippen molar-refractivity contribution in [2.45, 2.75) is 6.92 Å². The lowest BCUT2D eigenvalue weighted by molar-refractivity contribution is -0.135. The van der Waals surface area contributed by atoms with E-state index >= 15 is 0 Å². The van der Waals surface area contributed by atoms with E-state index in [1.807, 2.05) is 0 Å². The lowest BCUT2D eigenvalue weighted by atomic mass is 10.4. The second kappa shape index (κ2) is 5.08. The molecule has 0 saturated carbocycles. The molecule has 0 aliphatic heterocycles. The number of halogens is 1. The van der Waals surface area contributed by atoms with E-state index in [0.29, 0.717) is 5.57 Å². The second-order valence-electron chi connectivity index (χ2n) is 1.27. The summed E-state index contributed by atoms with van der Waals surface area (Å²) in [5.41, 5.74) is 0.433. The predicted octanol–water partition coefficient (Wildman–Crippen LogP) is 1.35. The molecule has 0 saturated heterocycles. The summed E-state index contributed by atoms with van der Waals surface area (Å²) in [4.78, 5) is 10.2. The SMILES string of the molecule is C=C(C)C(=O)OC.I. The van der Waals surface area contributed by atoms with E-state index in [4.69, 9.17) is 0 Å². The van der Waals surface area contributed by atoms with Crippen LogP contribution in [0.1, 0.15) is 6.92 Å². The number of hydrogen-bond acceptors (Lipinski definition) is 2. The molecule has 0 rings (SSSR count). The monoisotopic (exact) mass is 228 g/mol. The molecule has 0 aromatic rings. The molecule has 0 aliphatic carbocycles.